The minimum atomic E-state index is -0.0415. The van der Waals surface area contributed by atoms with Gasteiger partial charge in [0.1, 0.15) is 0 Å². The van der Waals surface area contributed by atoms with Gasteiger partial charge in [0.15, 0.2) is 5.76 Å². The molecule has 1 amide bonds. The average Bonchev–Trinajstić information content (AvgIpc) is 3.32. The third-order valence-corrected chi connectivity index (χ3v) is 5.04. The summed E-state index contributed by atoms with van der Waals surface area (Å²) in [7, 11) is 0. The van der Waals surface area contributed by atoms with Gasteiger partial charge in [0, 0.05) is 24.9 Å². The van der Waals surface area contributed by atoms with Crippen LogP contribution in [0.1, 0.15) is 29.0 Å². The second-order valence-corrected chi connectivity index (χ2v) is 6.59. The van der Waals surface area contributed by atoms with Crippen LogP contribution in [0.5, 0.6) is 0 Å². The molecule has 6 nitrogen and oxygen atoms in total. The zero-order chi connectivity index (χ0) is 17.1. The molecule has 1 saturated heterocycles. The van der Waals surface area contributed by atoms with Crippen molar-refractivity contribution >= 4 is 5.91 Å². The number of carbonyl (C=O) groups excluding carboxylic acids is 1. The Morgan fingerprint density at radius 2 is 2.28 bits per heavy atom. The monoisotopic (exact) mass is 342 g/mol. The quantitative estimate of drug-likeness (QED) is 0.835. The molecule has 2 fully saturated rings. The first kappa shape index (κ1) is 16.3. The lowest BCUT2D eigenvalue weighted by molar-refractivity contribution is -0.0770. The first-order valence-electron chi connectivity index (χ1n) is 8.75. The van der Waals surface area contributed by atoms with E-state index in [1.165, 1.54) is 6.26 Å². The number of ether oxygens (including phenoxy) is 2. The maximum atomic E-state index is 12.6. The largest absolute Gasteiger partial charge is 0.459 e. The summed E-state index contributed by atoms with van der Waals surface area (Å²) in [6.07, 6.45) is 7.10. The molecule has 25 heavy (non-hydrogen) atoms. The Morgan fingerprint density at radius 3 is 3.08 bits per heavy atom. The standard InChI is InChI=1S/C19H22N2O4/c22-19(17-4-2-9-24-17)21-8-10-25-18-15(5-6-16(18)21)13-23-12-14-3-1-7-20-11-14/h1-4,7,9,11,15-16,18H,5-6,8,10,12-13H2/t15-,16+,18+/m1/s1. The Morgan fingerprint density at radius 1 is 1.32 bits per heavy atom. The molecule has 0 bridgehead atoms. The van der Waals surface area contributed by atoms with Crippen LogP contribution in [0.4, 0.5) is 0 Å². The van der Waals surface area contributed by atoms with Gasteiger partial charge in [0.25, 0.3) is 5.91 Å². The van der Waals surface area contributed by atoms with Crippen molar-refractivity contribution in [3.8, 4) is 0 Å². The Hall–Kier alpha value is -2.18. The lowest BCUT2D eigenvalue weighted by Gasteiger charge is -2.38. The fourth-order valence-electron chi connectivity index (χ4n) is 3.84. The molecule has 6 heteroatoms. The topological polar surface area (TPSA) is 64.8 Å². The molecule has 0 spiro atoms. The van der Waals surface area contributed by atoms with Gasteiger partial charge < -0.3 is 18.8 Å². The summed E-state index contributed by atoms with van der Waals surface area (Å²) in [5, 5.41) is 0. The van der Waals surface area contributed by atoms with E-state index in [0.29, 0.717) is 38.0 Å². The first-order chi connectivity index (χ1) is 12.3. The number of hydrogen-bond donors (Lipinski definition) is 0. The summed E-state index contributed by atoms with van der Waals surface area (Å²) in [4.78, 5) is 18.7. The van der Waals surface area contributed by atoms with Crippen molar-refractivity contribution in [1.29, 1.82) is 0 Å². The number of nitrogens with zero attached hydrogens (tertiary/aromatic N) is 2. The summed E-state index contributed by atoms with van der Waals surface area (Å²) in [5.41, 5.74) is 1.07. The number of rotatable bonds is 5. The second-order valence-electron chi connectivity index (χ2n) is 6.59. The van der Waals surface area contributed by atoms with Gasteiger partial charge >= 0.3 is 0 Å². The highest BCUT2D eigenvalue weighted by molar-refractivity contribution is 5.91. The Kier molecular flexibility index (Phi) is 4.81. The highest BCUT2D eigenvalue weighted by atomic mass is 16.5. The highest BCUT2D eigenvalue weighted by Crippen LogP contribution is 2.35. The van der Waals surface area contributed by atoms with E-state index in [-0.39, 0.29) is 18.1 Å². The van der Waals surface area contributed by atoms with E-state index in [1.807, 2.05) is 23.2 Å². The van der Waals surface area contributed by atoms with Crippen LogP contribution in [0.15, 0.2) is 47.3 Å². The molecular weight excluding hydrogens is 320 g/mol. The Balaban J connectivity index is 1.35. The van der Waals surface area contributed by atoms with E-state index in [1.54, 1.807) is 18.3 Å². The number of aromatic nitrogens is 1. The van der Waals surface area contributed by atoms with Gasteiger partial charge in [-0.25, -0.2) is 0 Å². The maximum absolute atomic E-state index is 12.6. The third-order valence-electron chi connectivity index (χ3n) is 5.04. The van der Waals surface area contributed by atoms with Gasteiger partial charge in [0.2, 0.25) is 0 Å². The Labute approximate surface area is 146 Å². The molecule has 132 valence electrons. The molecule has 3 heterocycles. The molecular formula is C19H22N2O4. The van der Waals surface area contributed by atoms with E-state index in [2.05, 4.69) is 4.98 Å². The predicted molar refractivity (Wildman–Crippen MR) is 89.9 cm³/mol. The Bertz CT molecular complexity index is 689. The maximum Gasteiger partial charge on any atom is 0.289 e. The molecule has 3 atom stereocenters. The van der Waals surface area contributed by atoms with Crippen LogP contribution in [-0.4, -0.2) is 47.7 Å². The number of carbonyl (C=O) groups is 1. The smallest absolute Gasteiger partial charge is 0.289 e. The normalized spacial score (nSPS) is 25.8. The van der Waals surface area contributed by atoms with Crippen molar-refractivity contribution < 1.29 is 18.7 Å². The highest BCUT2D eigenvalue weighted by Gasteiger charge is 2.44. The van der Waals surface area contributed by atoms with Gasteiger partial charge in [0.05, 0.1) is 38.2 Å². The molecule has 0 unspecified atom stereocenters. The predicted octanol–water partition coefficient (Wildman–Crippen LogP) is 2.51. The first-order valence-corrected chi connectivity index (χ1v) is 8.75. The summed E-state index contributed by atoms with van der Waals surface area (Å²) in [5.74, 6) is 0.672. The molecule has 0 N–H and O–H groups in total. The van der Waals surface area contributed by atoms with E-state index in [0.717, 1.165) is 18.4 Å². The molecule has 1 aliphatic heterocycles. The molecule has 2 aromatic rings. The zero-order valence-electron chi connectivity index (χ0n) is 14.0. The molecule has 2 aliphatic rings. The molecule has 4 rings (SSSR count). The lowest BCUT2D eigenvalue weighted by atomic mass is 10.0. The number of furan rings is 1. The van der Waals surface area contributed by atoms with Gasteiger partial charge in [-0.3, -0.25) is 9.78 Å². The van der Waals surface area contributed by atoms with Crippen molar-refractivity contribution in [2.75, 3.05) is 19.8 Å². The van der Waals surface area contributed by atoms with Crippen molar-refractivity contribution in [3.05, 3.63) is 54.2 Å². The number of hydrogen-bond acceptors (Lipinski definition) is 5. The SMILES string of the molecule is O=C(c1ccco1)N1CCO[C@H]2[C@@H](COCc3cccnc3)CC[C@@H]21. The minimum Gasteiger partial charge on any atom is -0.459 e. The van der Waals surface area contributed by atoms with Gasteiger partial charge in [-0.05, 0) is 36.6 Å². The van der Waals surface area contributed by atoms with Crippen molar-refractivity contribution in [2.24, 2.45) is 5.92 Å². The summed E-state index contributed by atoms with van der Waals surface area (Å²) in [6, 6.07) is 7.49. The summed E-state index contributed by atoms with van der Waals surface area (Å²) < 4.78 is 17.2. The van der Waals surface area contributed by atoms with Crippen molar-refractivity contribution in [1.82, 2.24) is 9.88 Å². The van der Waals surface area contributed by atoms with Crippen LogP contribution in [0.25, 0.3) is 0 Å². The fraction of sp³-hybridized carbons (Fsp3) is 0.474. The number of amides is 1. The molecule has 1 aliphatic carbocycles. The van der Waals surface area contributed by atoms with Crippen LogP contribution in [0, 0.1) is 5.92 Å². The van der Waals surface area contributed by atoms with Crippen LogP contribution in [0.3, 0.4) is 0 Å². The number of fused-ring (bicyclic) bond motifs is 1. The molecule has 2 aromatic heterocycles. The molecule has 1 saturated carbocycles. The van der Waals surface area contributed by atoms with E-state index >= 15 is 0 Å². The fourth-order valence-corrected chi connectivity index (χ4v) is 3.84. The van der Waals surface area contributed by atoms with E-state index in [9.17, 15) is 4.79 Å². The summed E-state index contributed by atoms with van der Waals surface area (Å²) in [6.45, 7) is 2.37. The average molecular weight is 342 g/mol. The third kappa shape index (κ3) is 3.45. The minimum absolute atomic E-state index is 0.0415. The number of pyridine rings is 1. The van der Waals surface area contributed by atoms with Crippen molar-refractivity contribution in [3.63, 3.8) is 0 Å². The van der Waals surface area contributed by atoms with Crippen LogP contribution >= 0.6 is 0 Å². The molecule has 0 radical (unpaired) electrons. The van der Waals surface area contributed by atoms with Gasteiger partial charge in [-0.2, -0.15) is 0 Å². The number of morpholine rings is 1. The second kappa shape index (κ2) is 7.37. The molecule has 0 aromatic carbocycles. The van der Waals surface area contributed by atoms with Crippen LogP contribution < -0.4 is 0 Å². The zero-order valence-corrected chi connectivity index (χ0v) is 14.0. The van der Waals surface area contributed by atoms with E-state index < -0.39 is 0 Å². The van der Waals surface area contributed by atoms with Crippen LogP contribution in [-0.2, 0) is 16.1 Å². The summed E-state index contributed by atoms with van der Waals surface area (Å²) >= 11 is 0. The van der Waals surface area contributed by atoms with Gasteiger partial charge in [-0.1, -0.05) is 6.07 Å². The van der Waals surface area contributed by atoms with Gasteiger partial charge in [-0.15, -0.1) is 0 Å². The van der Waals surface area contributed by atoms with Crippen LogP contribution in [0.2, 0.25) is 0 Å². The van der Waals surface area contributed by atoms with E-state index in [4.69, 9.17) is 13.9 Å². The van der Waals surface area contributed by atoms with Crippen molar-refractivity contribution in [2.45, 2.75) is 31.6 Å². The lowest BCUT2D eigenvalue weighted by Crippen LogP contribution is -2.53.